The van der Waals surface area contributed by atoms with Crippen molar-refractivity contribution < 1.29 is 9.84 Å². The maximum absolute atomic E-state index is 12.8. The molecule has 4 rings (SSSR count). The number of fused-ring (bicyclic) bond motifs is 1. The monoisotopic (exact) mass is 417 g/mol. The first-order valence-corrected chi connectivity index (χ1v) is 10.1. The Hall–Kier alpha value is -3.54. The lowest BCUT2D eigenvalue weighted by Gasteiger charge is -2.27. The molecular weight excluding hydrogens is 394 g/mol. The lowest BCUT2D eigenvalue weighted by molar-refractivity contribution is 0.0360. The molecule has 1 aliphatic heterocycles. The number of rotatable bonds is 5. The van der Waals surface area contributed by atoms with Gasteiger partial charge in [0.1, 0.15) is 11.6 Å². The number of ether oxygens (including phenoxy) is 1. The number of aromatic nitrogens is 2. The molecule has 3 aromatic rings. The number of pyridine rings is 2. The first-order chi connectivity index (χ1) is 15.1. The van der Waals surface area contributed by atoms with Gasteiger partial charge in [-0.3, -0.25) is 24.2 Å². The molecule has 1 N–H and O–H groups in total. The van der Waals surface area contributed by atoms with E-state index in [1.54, 1.807) is 13.1 Å². The fourth-order valence-electron chi connectivity index (χ4n) is 3.73. The van der Waals surface area contributed by atoms with Crippen molar-refractivity contribution in [1.29, 1.82) is 5.26 Å². The van der Waals surface area contributed by atoms with E-state index in [0.29, 0.717) is 36.6 Å². The fourth-order valence-corrected chi connectivity index (χ4v) is 3.73. The predicted molar refractivity (Wildman–Crippen MR) is 118 cm³/mol. The molecule has 1 aromatic carbocycles. The van der Waals surface area contributed by atoms with E-state index in [1.165, 1.54) is 10.8 Å². The van der Waals surface area contributed by atoms with Crippen molar-refractivity contribution in [3.05, 3.63) is 63.6 Å². The van der Waals surface area contributed by atoms with Gasteiger partial charge in [0.05, 0.1) is 30.0 Å². The van der Waals surface area contributed by atoms with Crippen molar-refractivity contribution in [1.82, 2.24) is 14.5 Å². The van der Waals surface area contributed by atoms with E-state index in [2.05, 4.69) is 14.9 Å². The molecule has 2 aromatic heterocycles. The Kier molecular flexibility index (Phi) is 6.07. The second-order valence-corrected chi connectivity index (χ2v) is 7.37. The Labute approximate surface area is 179 Å². The summed E-state index contributed by atoms with van der Waals surface area (Å²) in [5, 5.41) is 21.3. The maximum Gasteiger partial charge on any atom is 0.271 e. The zero-order valence-corrected chi connectivity index (χ0v) is 17.3. The Morgan fingerprint density at radius 2 is 2.06 bits per heavy atom. The third-order valence-corrected chi connectivity index (χ3v) is 5.55. The molecule has 31 heavy (non-hydrogen) atoms. The van der Waals surface area contributed by atoms with Crippen LogP contribution in [0.2, 0.25) is 0 Å². The molecule has 0 saturated carbocycles. The number of aromatic hydroxyl groups is 1. The number of hydrogen-bond donors (Lipinski definition) is 1. The molecule has 0 bridgehead atoms. The second kappa shape index (κ2) is 9.08. The lowest BCUT2D eigenvalue weighted by Crippen LogP contribution is -2.39. The number of aliphatic imine (C=N–C) groups is 1. The average molecular weight is 417 g/mol. The molecule has 8 heteroatoms. The summed E-state index contributed by atoms with van der Waals surface area (Å²) < 4.78 is 6.61. The molecule has 3 heterocycles. The van der Waals surface area contributed by atoms with Crippen LogP contribution < -0.4 is 5.56 Å². The number of nitriles is 1. The van der Waals surface area contributed by atoms with Crippen LogP contribution in [-0.2, 0) is 11.3 Å². The second-order valence-electron chi connectivity index (χ2n) is 7.37. The van der Waals surface area contributed by atoms with Crippen LogP contribution in [0, 0.1) is 18.3 Å². The third-order valence-electron chi connectivity index (χ3n) is 5.55. The summed E-state index contributed by atoms with van der Waals surface area (Å²) in [4.78, 5) is 23.8. The molecule has 0 spiro atoms. The summed E-state index contributed by atoms with van der Waals surface area (Å²) in [6, 6.07) is 11.4. The standard InChI is InChI=1S/C23H23N5O3/c1-16-18(14-24)22(29)28(9-8-27-10-12-31-13-11-27)23(30)19(16)15-26-21-6-2-5-20-17(21)4-3-7-25-20/h2-7,15,30H,8-13H2,1H3. The largest absolute Gasteiger partial charge is 0.494 e. The summed E-state index contributed by atoms with van der Waals surface area (Å²) >= 11 is 0. The van der Waals surface area contributed by atoms with Gasteiger partial charge in [0.25, 0.3) is 5.56 Å². The molecule has 8 nitrogen and oxygen atoms in total. The summed E-state index contributed by atoms with van der Waals surface area (Å²) in [5.41, 5.74) is 1.80. The molecule has 1 saturated heterocycles. The molecule has 0 unspecified atom stereocenters. The van der Waals surface area contributed by atoms with Crippen LogP contribution in [0.4, 0.5) is 5.69 Å². The molecular formula is C23H23N5O3. The van der Waals surface area contributed by atoms with E-state index >= 15 is 0 Å². The summed E-state index contributed by atoms with van der Waals surface area (Å²) in [5.74, 6) is -0.183. The molecule has 0 radical (unpaired) electrons. The molecule has 1 aliphatic rings. The van der Waals surface area contributed by atoms with E-state index in [4.69, 9.17) is 4.74 Å². The topological polar surface area (TPSA) is 104 Å². The normalized spacial score (nSPS) is 14.8. The van der Waals surface area contributed by atoms with Crippen LogP contribution in [0.25, 0.3) is 10.9 Å². The van der Waals surface area contributed by atoms with E-state index < -0.39 is 5.56 Å². The fraction of sp³-hybridized carbons (Fsp3) is 0.304. The van der Waals surface area contributed by atoms with E-state index in [9.17, 15) is 15.2 Å². The SMILES string of the molecule is Cc1c(C=Nc2cccc3ncccc23)c(O)n(CCN2CCOCC2)c(=O)c1C#N. The van der Waals surface area contributed by atoms with E-state index in [1.807, 2.05) is 36.4 Å². The van der Waals surface area contributed by atoms with Crippen LogP contribution in [0.1, 0.15) is 16.7 Å². The quantitative estimate of drug-likeness (QED) is 0.639. The van der Waals surface area contributed by atoms with Gasteiger partial charge in [-0.05, 0) is 36.8 Å². The van der Waals surface area contributed by atoms with Gasteiger partial charge in [-0.25, -0.2) is 0 Å². The van der Waals surface area contributed by atoms with Crippen LogP contribution in [0.3, 0.4) is 0 Å². The summed E-state index contributed by atoms with van der Waals surface area (Å²) in [7, 11) is 0. The van der Waals surface area contributed by atoms with Crippen molar-refractivity contribution in [2.45, 2.75) is 13.5 Å². The Morgan fingerprint density at radius 3 is 2.84 bits per heavy atom. The van der Waals surface area contributed by atoms with E-state index in [0.717, 1.165) is 24.0 Å². The highest BCUT2D eigenvalue weighted by Gasteiger charge is 2.19. The van der Waals surface area contributed by atoms with Gasteiger partial charge in [-0.2, -0.15) is 5.26 Å². The summed E-state index contributed by atoms with van der Waals surface area (Å²) in [6.07, 6.45) is 3.23. The highest BCUT2D eigenvalue weighted by Crippen LogP contribution is 2.26. The van der Waals surface area contributed by atoms with Gasteiger partial charge in [-0.1, -0.05) is 6.07 Å². The first kappa shape index (κ1) is 20.7. The number of benzene rings is 1. The number of nitrogens with zero attached hydrogens (tertiary/aromatic N) is 5. The highest BCUT2D eigenvalue weighted by molar-refractivity contribution is 5.94. The van der Waals surface area contributed by atoms with Crippen molar-refractivity contribution in [3.8, 4) is 11.9 Å². The maximum atomic E-state index is 12.8. The zero-order valence-electron chi connectivity index (χ0n) is 17.3. The van der Waals surface area contributed by atoms with Gasteiger partial charge in [0, 0.05) is 44.0 Å². The van der Waals surface area contributed by atoms with Crippen LogP contribution in [0.15, 0.2) is 46.3 Å². The van der Waals surface area contributed by atoms with Crippen LogP contribution >= 0.6 is 0 Å². The third kappa shape index (κ3) is 4.19. The Bertz CT molecular complexity index is 1230. The molecule has 0 aliphatic carbocycles. The van der Waals surface area contributed by atoms with Crippen LogP contribution in [-0.4, -0.2) is 58.6 Å². The van der Waals surface area contributed by atoms with Gasteiger partial charge in [0.2, 0.25) is 5.88 Å². The molecule has 158 valence electrons. The number of morpholine rings is 1. The molecule has 0 atom stereocenters. The average Bonchev–Trinajstić information content (AvgIpc) is 2.80. The zero-order chi connectivity index (χ0) is 21.8. The van der Waals surface area contributed by atoms with Gasteiger partial charge >= 0.3 is 0 Å². The number of hydrogen-bond acceptors (Lipinski definition) is 7. The minimum absolute atomic E-state index is 0.0146. The minimum atomic E-state index is -0.489. The van der Waals surface area contributed by atoms with Crippen molar-refractivity contribution >= 4 is 22.8 Å². The van der Waals surface area contributed by atoms with Crippen LogP contribution in [0.5, 0.6) is 5.88 Å². The van der Waals surface area contributed by atoms with Crippen molar-refractivity contribution in [3.63, 3.8) is 0 Å². The smallest absolute Gasteiger partial charge is 0.271 e. The predicted octanol–water partition coefficient (Wildman–Crippen LogP) is 2.36. The van der Waals surface area contributed by atoms with Crippen molar-refractivity contribution in [2.24, 2.45) is 4.99 Å². The molecule has 1 fully saturated rings. The van der Waals surface area contributed by atoms with Gasteiger partial charge in [-0.15, -0.1) is 0 Å². The van der Waals surface area contributed by atoms with Gasteiger partial charge < -0.3 is 9.84 Å². The lowest BCUT2D eigenvalue weighted by atomic mass is 10.1. The molecule has 0 amide bonds. The minimum Gasteiger partial charge on any atom is -0.494 e. The van der Waals surface area contributed by atoms with E-state index in [-0.39, 0.29) is 18.0 Å². The van der Waals surface area contributed by atoms with Crippen molar-refractivity contribution in [2.75, 3.05) is 32.8 Å². The van der Waals surface area contributed by atoms with Gasteiger partial charge in [0.15, 0.2) is 0 Å². The first-order valence-electron chi connectivity index (χ1n) is 10.1. The highest BCUT2D eigenvalue weighted by atomic mass is 16.5. The summed E-state index contributed by atoms with van der Waals surface area (Å²) in [6.45, 7) is 5.35. The Morgan fingerprint density at radius 1 is 1.26 bits per heavy atom. The Balaban J connectivity index is 1.72.